The van der Waals surface area contributed by atoms with Gasteiger partial charge in [0.1, 0.15) is 17.6 Å². The summed E-state index contributed by atoms with van der Waals surface area (Å²) in [6.45, 7) is 0. The third kappa shape index (κ3) is 3.36. The van der Waals surface area contributed by atoms with Crippen molar-refractivity contribution in [3.8, 4) is 22.6 Å². The summed E-state index contributed by atoms with van der Waals surface area (Å²) in [5.74, 6) is 0.946. The van der Waals surface area contributed by atoms with Gasteiger partial charge < -0.3 is 19.2 Å². The molecule has 1 N–H and O–H groups in total. The number of benzene rings is 3. The van der Waals surface area contributed by atoms with Gasteiger partial charge in [0.05, 0.1) is 30.7 Å². The summed E-state index contributed by atoms with van der Waals surface area (Å²) in [6, 6.07) is 19.1. The number of methoxy groups -OCH3 is 2. The lowest BCUT2D eigenvalue weighted by atomic mass is 9.97. The number of rotatable bonds is 6. The number of aromatic amines is 1. The highest BCUT2D eigenvalue weighted by Gasteiger charge is 2.47. The number of ketones is 1. The SMILES string of the molecule is COc1cc(OC)c2c(-c3ccccc3)c[nH]c2c1C(=O)C1OC1c1ccc(Cl)cc1. The van der Waals surface area contributed by atoms with Crippen LogP contribution < -0.4 is 9.47 Å². The molecule has 4 aromatic rings. The lowest BCUT2D eigenvalue weighted by Crippen LogP contribution is -2.11. The molecule has 1 aromatic heterocycles. The molecule has 1 saturated heterocycles. The van der Waals surface area contributed by atoms with E-state index in [0.29, 0.717) is 27.6 Å². The van der Waals surface area contributed by atoms with Crippen molar-refractivity contribution < 1.29 is 19.0 Å². The van der Waals surface area contributed by atoms with Gasteiger partial charge in [-0.1, -0.05) is 54.1 Å². The number of H-pyrrole nitrogens is 1. The van der Waals surface area contributed by atoms with E-state index in [9.17, 15) is 4.79 Å². The van der Waals surface area contributed by atoms with E-state index in [2.05, 4.69) is 4.98 Å². The summed E-state index contributed by atoms with van der Waals surface area (Å²) in [7, 11) is 3.15. The second-order valence-electron chi connectivity index (χ2n) is 7.37. The molecule has 1 aliphatic heterocycles. The highest BCUT2D eigenvalue weighted by molar-refractivity contribution is 6.30. The van der Waals surface area contributed by atoms with Crippen LogP contribution in [0.1, 0.15) is 22.0 Å². The van der Waals surface area contributed by atoms with E-state index >= 15 is 0 Å². The fraction of sp³-hybridized carbons (Fsp3) is 0.160. The van der Waals surface area contributed by atoms with Gasteiger partial charge in [-0.15, -0.1) is 0 Å². The minimum Gasteiger partial charge on any atom is -0.496 e. The van der Waals surface area contributed by atoms with Gasteiger partial charge in [0.25, 0.3) is 0 Å². The number of nitrogens with one attached hydrogen (secondary N) is 1. The summed E-state index contributed by atoms with van der Waals surface area (Å²) in [5.41, 5.74) is 4.03. The number of hydrogen-bond donors (Lipinski definition) is 1. The first-order valence-corrected chi connectivity index (χ1v) is 10.3. The zero-order valence-corrected chi connectivity index (χ0v) is 17.8. The first-order valence-electron chi connectivity index (χ1n) is 9.89. The van der Waals surface area contributed by atoms with E-state index in [1.54, 1.807) is 32.4 Å². The highest BCUT2D eigenvalue weighted by atomic mass is 35.5. The molecule has 0 bridgehead atoms. The first-order chi connectivity index (χ1) is 15.1. The molecule has 6 heteroatoms. The Morgan fingerprint density at radius 1 is 1.00 bits per heavy atom. The Kier molecular flexibility index (Phi) is 4.93. The molecule has 31 heavy (non-hydrogen) atoms. The minimum atomic E-state index is -0.574. The Labute approximate surface area is 184 Å². The average Bonchev–Trinajstić information content (AvgIpc) is 3.49. The van der Waals surface area contributed by atoms with E-state index in [1.807, 2.05) is 48.7 Å². The maximum atomic E-state index is 13.5. The maximum absolute atomic E-state index is 13.5. The summed E-state index contributed by atoms with van der Waals surface area (Å²) in [5, 5.41) is 1.48. The lowest BCUT2D eigenvalue weighted by molar-refractivity contribution is 0.0952. The Balaban J connectivity index is 1.61. The van der Waals surface area contributed by atoms with Gasteiger partial charge >= 0.3 is 0 Å². The van der Waals surface area contributed by atoms with Crippen LogP contribution in [-0.2, 0) is 4.74 Å². The van der Waals surface area contributed by atoms with Crippen molar-refractivity contribution in [1.82, 2.24) is 4.98 Å². The molecule has 2 atom stereocenters. The van der Waals surface area contributed by atoms with Crippen molar-refractivity contribution in [1.29, 1.82) is 0 Å². The normalized spacial score (nSPS) is 17.5. The quantitative estimate of drug-likeness (QED) is 0.307. The minimum absolute atomic E-state index is 0.133. The molecule has 156 valence electrons. The summed E-state index contributed by atoms with van der Waals surface area (Å²) < 4.78 is 17.0. The second kappa shape index (κ2) is 7.76. The number of epoxide rings is 1. The molecule has 0 saturated carbocycles. The monoisotopic (exact) mass is 433 g/mol. The third-order valence-corrected chi connectivity index (χ3v) is 5.86. The average molecular weight is 434 g/mol. The van der Waals surface area contributed by atoms with E-state index in [0.717, 1.165) is 22.1 Å². The fourth-order valence-electron chi connectivity index (χ4n) is 4.03. The van der Waals surface area contributed by atoms with E-state index in [-0.39, 0.29) is 11.9 Å². The topological polar surface area (TPSA) is 63.9 Å². The van der Waals surface area contributed by atoms with E-state index in [1.165, 1.54) is 0 Å². The van der Waals surface area contributed by atoms with Crippen molar-refractivity contribution in [3.63, 3.8) is 0 Å². The molecule has 0 amide bonds. The van der Waals surface area contributed by atoms with Crippen molar-refractivity contribution in [2.45, 2.75) is 12.2 Å². The maximum Gasteiger partial charge on any atom is 0.200 e. The van der Waals surface area contributed by atoms with E-state index in [4.69, 9.17) is 25.8 Å². The zero-order valence-electron chi connectivity index (χ0n) is 17.0. The number of halogens is 1. The number of hydrogen-bond acceptors (Lipinski definition) is 4. The van der Waals surface area contributed by atoms with Crippen LogP contribution in [0.5, 0.6) is 11.5 Å². The van der Waals surface area contributed by atoms with Crippen LogP contribution in [0.3, 0.4) is 0 Å². The molecular weight excluding hydrogens is 414 g/mol. The first kappa shape index (κ1) is 19.7. The predicted octanol–water partition coefficient (Wildman–Crippen LogP) is 5.83. The van der Waals surface area contributed by atoms with Gasteiger partial charge in [-0.2, -0.15) is 0 Å². The molecular formula is C25H20ClNO4. The van der Waals surface area contributed by atoms with Crippen LogP contribution in [0.4, 0.5) is 0 Å². The van der Waals surface area contributed by atoms with Crippen LogP contribution in [-0.4, -0.2) is 31.1 Å². The van der Waals surface area contributed by atoms with Gasteiger partial charge in [0.15, 0.2) is 11.9 Å². The Hall–Kier alpha value is -3.28. The van der Waals surface area contributed by atoms with E-state index < -0.39 is 6.10 Å². The number of Topliss-reactive ketones (excluding diaryl/α,β-unsaturated/α-hetero) is 1. The molecule has 0 aliphatic carbocycles. The summed E-state index contributed by atoms with van der Waals surface area (Å²) in [4.78, 5) is 16.8. The van der Waals surface area contributed by atoms with Crippen LogP contribution in [0.25, 0.3) is 22.0 Å². The van der Waals surface area contributed by atoms with Gasteiger partial charge in [-0.05, 0) is 23.3 Å². The standard InChI is InChI=1S/C25H20ClNO4/c1-29-18-12-19(30-2)21(22-20(18)17(13-27-22)14-6-4-3-5-7-14)23(28)25-24(31-25)15-8-10-16(26)11-9-15/h3-13,24-25,27H,1-2H3. The number of fused-ring (bicyclic) bond motifs is 1. The largest absolute Gasteiger partial charge is 0.496 e. The molecule has 5 rings (SSSR count). The number of aromatic nitrogens is 1. The van der Waals surface area contributed by atoms with Crippen molar-refractivity contribution in [2.75, 3.05) is 14.2 Å². The second-order valence-corrected chi connectivity index (χ2v) is 7.80. The molecule has 1 fully saturated rings. The molecule has 3 aromatic carbocycles. The van der Waals surface area contributed by atoms with Gasteiger partial charge in [0.2, 0.25) is 0 Å². The Morgan fingerprint density at radius 3 is 2.39 bits per heavy atom. The highest BCUT2D eigenvalue weighted by Crippen LogP contribution is 2.46. The van der Waals surface area contributed by atoms with Gasteiger partial charge in [-0.25, -0.2) is 0 Å². The van der Waals surface area contributed by atoms with Crippen molar-refractivity contribution in [3.05, 3.63) is 83.0 Å². The number of carbonyl (C=O) groups excluding carboxylic acids is 1. The third-order valence-electron chi connectivity index (χ3n) is 5.60. The fourth-order valence-corrected chi connectivity index (χ4v) is 4.16. The van der Waals surface area contributed by atoms with Crippen molar-refractivity contribution in [2.24, 2.45) is 0 Å². The smallest absolute Gasteiger partial charge is 0.200 e. The molecule has 0 spiro atoms. The van der Waals surface area contributed by atoms with Crippen LogP contribution in [0, 0.1) is 0 Å². The summed E-state index contributed by atoms with van der Waals surface area (Å²) in [6.07, 6.45) is 1.02. The van der Waals surface area contributed by atoms with Crippen LogP contribution in [0.15, 0.2) is 66.9 Å². The summed E-state index contributed by atoms with van der Waals surface area (Å²) >= 11 is 5.98. The van der Waals surface area contributed by atoms with Crippen LogP contribution >= 0.6 is 11.6 Å². The molecule has 5 nitrogen and oxygen atoms in total. The molecule has 1 aliphatic rings. The molecule has 2 unspecified atom stereocenters. The lowest BCUT2D eigenvalue weighted by Gasteiger charge is -2.13. The molecule has 0 radical (unpaired) electrons. The van der Waals surface area contributed by atoms with Gasteiger partial charge in [0, 0.05) is 22.8 Å². The zero-order chi connectivity index (χ0) is 21.5. The Bertz CT molecular complexity index is 1260. The Morgan fingerprint density at radius 2 is 1.71 bits per heavy atom. The molecule has 2 heterocycles. The van der Waals surface area contributed by atoms with Crippen molar-refractivity contribution >= 4 is 28.3 Å². The van der Waals surface area contributed by atoms with Crippen LogP contribution in [0.2, 0.25) is 5.02 Å². The predicted molar refractivity (Wildman–Crippen MR) is 120 cm³/mol. The number of ether oxygens (including phenoxy) is 3. The van der Waals surface area contributed by atoms with Gasteiger partial charge in [-0.3, -0.25) is 4.79 Å². The number of carbonyl (C=O) groups is 1.